The molecule has 5 heteroatoms. The monoisotopic (exact) mass is 302 g/mol. The number of rotatable bonds is 5. The molecule has 1 aromatic heterocycles. The fourth-order valence-electron chi connectivity index (χ4n) is 1.95. The number of carboxylic acids is 1. The van der Waals surface area contributed by atoms with E-state index in [0.717, 1.165) is 5.56 Å². The molecule has 0 aliphatic heterocycles. The number of hydrogen-bond donors (Lipinski definition) is 1. The maximum Gasteiger partial charge on any atom is 0.340 e. The van der Waals surface area contributed by atoms with Gasteiger partial charge in [-0.15, -0.1) is 11.8 Å². The number of benzene rings is 1. The Kier molecular flexibility index (Phi) is 4.96. The molecule has 1 N–H and O–H groups in total. The molecule has 0 radical (unpaired) electrons. The number of carbonyl (C=O) groups is 1. The topological polar surface area (TPSA) is 63.1 Å². The number of hydrogen-bond acceptors (Lipinski definition) is 4. The van der Waals surface area contributed by atoms with E-state index in [-0.39, 0.29) is 5.56 Å². The van der Waals surface area contributed by atoms with Crippen molar-refractivity contribution in [1.82, 2.24) is 9.97 Å². The SMILES string of the molecule is CCc1nc(C)c(C(=O)O)c(SCc2ccc(C)cc2)n1. The number of thioether (sulfide) groups is 1. The van der Waals surface area contributed by atoms with Crippen molar-refractivity contribution in [2.75, 3.05) is 0 Å². The molecule has 2 rings (SSSR count). The standard InChI is InChI=1S/C16H18N2O2S/c1-4-13-17-11(3)14(16(19)20)15(18-13)21-9-12-7-5-10(2)6-8-12/h5-8H,4,9H2,1-3H3,(H,19,20). The second-order valence-electron chi connectivity index (χ2n) is 4.84. The summed E-state index contributed by atoms with van der Waals surface area (Å²) in [6.07, 6.45) is 0.693. The molecule has 0 fully saturated rings. The summed E-state index contributed by atoms with van der Waals surface area (Å²) in [5.41, 5.74) is 3.10. The second kappa shape index (κ2) is 6.72. The molecule has 4 nitrogen and oxygen atoms in total. The van der Waals surface area contributed by atoms with Crippen LogP contribution >= 0.6 is 11.8 Å². The van der Waals surface area contributed by atoms with Gasteiger partial charge < -0.3 is 5.11 Å². The first-order valence-corrected chi connectivity index (χ1v) is 7.79. The Morgan fingerprint density at radius 2 is 1.86 bits per heavy atom. The summed E-state index contributed by atoms with van der Waals surface area (Å²) in [6.45, 7) is 5.73. The number of carboxylic acid groups (broad SMARTS) is 1. The van der Waals surface area contributed by atoms with Crippen molar-refractivity contribution in [3.8, 4) is 0 Å². The Bertz CT molecular complexity index is 654. The molecule has 0 atom stereocenters. The lowest BCUT2D eigenvalue weighted by Gasteiger charge is -2.09. The van der Waals surface area contributed by atoms with Crippen LogP contribution in [0, 0.1) is 13.8 Å². The van der Waals surface area contributed by atoms with Crippen LogP contribution < -0.4 is 0 Å². The number of aromatic carboxylic acids is 1. The van der Waals surface area contributed by atoms with E-state index in [2.05, 4.69) is 34.2 Å². The minimum atomic E-state index is -0.971. The third kappa shape index (κ3) is 3.82. The van der Waals surface area contributed by atoms with Gasteiger partial charge in [-0.2, -0.15) is 0 Å². The molecule has 0 aliphatic rings. The number of nitrogens with zero attached hydrogens (tertiary/aromatic N) is 2. The molecule has 21 heavy (non-hydrogen) atoms. The van der Waals surface area contributed by atoms with Crippen molar-refractivity contribution in [1.29, 1.82) is 0 Å². The first kappa shape index (κ1) is 15.5. The smallest absolute Gasteiger partial charge is 0.340 e. The van der Waals surface area contributed by atoms with Crippen LogP contribution in [0.4, 0.5) is 0 Å². The molecular weight excluding hydrogens is 284 g/mol. The third-order valence-corrected chi connectivity index (χ3v) is 4.18. The third-order valence-electron chi connectivity index (χ3n) is 3.13. The van der Waals surface area contributed by atoms with Crippen LogP contribution in [0.1, 0.15) is 39.9 Å². The van der Waals surface area contributed by atoms with Gasteiger partial charge in [-0.25, -0.2) is 14.8 Å². The first-order chi connectivity index (χ1) is 10.0. The fraction of sp³-hybridized carbons (Fsp3) is 0.312. The maximum atomic E-state index is 11.4. The molecular formula is C16H18N2O2S. The maximum absolute atomic E-state index is 11.4. The lowest BCUT2D eigenvalue weighted by atomic mass is 10.2. The highest BCUT2D eigenvalue weighted by Crippen LogP contribution is 2.26. The van der Waals surface area contributed by atoms with E-state index in [1.807, 2.05) is 13.8 Å². The van der Waals surface area contributed by atoms with E-state index in [0.29, 0.717) is 28.7 Å². The lowest BCUT2D eigenvalue weighted by Crippen LogP contribution is -2.09. The van der Waals surface area contributed by atoms with Gasteiger partial charge in [-0.05, 0) is 19.4 Å². The van der Waals surface area contributed by atoms with Crippen LogP contribution in [-0.4, -0.2) is 21.0 Å². The van der Waals surface area contributed by atoms with Crippen molar-refractivity contribution >= 4 is 17.7 Å². The van der Waals surface area contributed by atoms with Gasteiger partial charge in [-0.3, -0.25) is 0 Å². The molecule has 0 aliphatic carbocycles. The molecule has 2 aromatic rings. The van der Waals surface area contributed by atoms with Crippen LogP contribution in [0.3, 0.4) is 0 Å². The summed E-state index contributed by atoms with van der Waals surface area (Å²) in [5, 5.41) is 9.90. The minimum absolute atomic E-state index is 0.212. The zero-order valence-corrected chi connectivity index (χ0v) is 13.2. The average Bonchev–Trinajstić information content (AvgIpc) is 2.45. The Hall–Kier alpha value is -1.88. The van der Waals surface area contributed by atoms with Gasteiger partial charge in [-0.1, -0.05) is 36.8 Å². The molecule has 1 heterocycles. The quantitative estimate of drug-likeness (QED) is 0.674. The van der Waals surface area contributed by atoms with Crippen molar-refractivity contribution in [2.45, 2.75) is 38.0 Å². The number of aromatic nitrogens is 2. The summed E-state index contributed by atoms with van der Waals surface area (Å²) in [6, 6.07) is 8.21. The Labute approximate surface area is 128 Å². The molecule has 0 amide bonds. The summed E-state index contributed by atoms with van der Waals surface area (Å²) >= 11 is 1.45. The van der Waals surface area contributed by atoms with E-state index >= 15 is 0 Å². The fourth-order valence-corrected chi connectivity index (χ4v) is 2.99. The van der Waals surface area contributed by atoms with Gasteiger partial charge in [0.2, 0.25) is 0 Å². The molecule has 0 saturated carbocycles. The molecule has 1 aromatic carbocycles. The van der Waals surface area contributed by atoms with Gasteiger partial charge in [0.15, 0.2) is 0 Å². The zero-order chi connectivity index (χ0) is 15.4. The van der Waals surface area contributed by atoms with E-state index in [1.54, 1.807) is 6.92 Å². The summed E-state index contributed by atoms with van der Waals surface area (Å²) < 4.78 is 0. The molecule has 0 unspecified atom stereocenters. The largest absolute Gasteiger partial charge is 0.478 e. The van der Waals surface area contributed by atoms with Crippen LogP contribution in [0.25, 0.3) is 0 Å². The van der Waals surface area contributed by atoms with Crippen LogP contribution in [0.15, 0.2) is 29.3 Å². The van der Waals surface area contributed by atoms with Crippen molar-refractivity contribution in [3.05, 3.63) is 52.5 Å². The van der Waals surface area contributed by atoms with Crippen molar-refractivity contribution in [2.24, 2.45) is 0 Å². The van der Waals surface area contributed by atoms with Crippen molar-refractivity contribution in [3.63, 3.8) is 0 Å². The Morgan fingerprint density at radius 3 is 2.43 bits per heavy atom. The van der Waals surface area contributed by atoms with E-state index in [1.165, 1.54) is 17.3 Å². The normalized spacial score (nSPS) is 10.6. The number of aryl methyl sites for hydroxylation is 3. The minimum Gasteiger partial charge on any atom is -0.478 e. The molecule has 110 valence electrons. The predicted octanol–water partition coefficient (Wildman–Crippen LogP) is 3.65. The lowest BCUT2D eigenvalue weighted by molar-refractivity contribution is 0.0690. The van der Waals surface area contributed by atoms with Crippen LogP contribution in [0.5, 0.6) is 0 Å². The van der Waals surface area contributed by atoms with Crippen molar-refractivity contribution < 1.29 is 9.90 Å². The van der Waals surface area contributed by atoms with E-state index in [4.69, 9.17) is 0 Å². The van der Waals surface area contributed by atoms with Crippen LogP contribution in [-0.2, 0) is 12.2 Å². The highest BCUT2D eigenvalue weighted by Gasteiger charge is 2.18. The highest BCUT2D eigenvalue weighted by atomic mass is 32.2. The van der Waals surface area contributed by atoms with E-state index in [9.17, 15) is 9.90 Å². The first-order valence-electron chi connectivity index (χ1n) is 6.80. The molecule has 0 saturated heterocycles. The molecule has 0 spiro atoms. The summed E-state index contributed by atoms with van der Waals surface area (Å²) in [7, 11) is 0. The predicted molar refractivity (Wildman–Crippen MR) is 83.8 cm³/mol. The summed E-state index contributed by atoms with van der Waals surface area (Å²) in [4.78, 5) is 20.0. The van der Waals surface area contributed by atoms with Gasteiger partial charge in [0.1, 0.15) is 16.4 Å². The zero-order valence-electron chi connectivity index (χ0n) is 12.4. The second-order valence-corrected chi connectivity index (χ2v) is 5.80. The van der Waals surface area contributed by atoms with Crippen LogP contribution in [0.2, 0.25) is 0 Å². The Morgan fingerprint density at radius 1 is 1.19 bits per heavy atom. The van der Waals surface area contributed by atoms with E-state index < -0.39 is 5.97 Å². The molecule has 0 bridgehead atoms. The van der Waals surface area contributed by atoms with Gasteiger partial charge in [0.05, 0.1) is 5.69 Å². The van der Waals surface area contributed by atoms with Gasteiger partial charge in [0, 0.05) is 12.2 Å². The highest BCUT2D eigenvalue weighted by molar-refractivity contribution is 7.98. The average molecular weight is 302 g/mol. The van der Waals surface area contributed by atoms with Gasteiger partial charge >= 0.3 is 5.97 Å². The van der Waals surface area contributed by atoms with Gasteiger partial charge in [0.25, 0.3) is 0 Å². The Balaban J connectivity index is 2.27. The summed E-state index contributed by atoms with van der Waals surface area (Å²) in [5.74, 6) is 0.408.